The molecule has 2 aliphatic heterocycles. The van der Waals surface area contributed by atoms with Gasteiger partial charge in [-0.3, -0.25) is 10.0 Å². The summed E-state index contributed by atoms with van der Waals surface area (Å²) in [6, 6.07) is 12.6. The molecule has 3 amide bonds. The number of nitrogens with one attached hydrogen (secondary N) is 1. The summed E-state index contributed by atoms with van der Waals surface area (Å²) in [5, 5.41) is 8.92. The second-order valence-corrected chi connectivity index (χ2v) is 7.46. The Morgan fingerprint density at radius 2 is 1.90 bits per heavy atom. The summed E-state index contributed by atoms with van der Waals surface area (Å²) in [5.74, 6) is -0.0747. The minimum atomic E-state index is -0.609. The fraction of sp³-hybridized carbons (Fsp3) is 0.364. The van der Waals surface area contributed by atoms with E-state index in [0.29, 0.717) is 38.6 Å². The molecule has 2 aliphatic rings. The lowest BCUT2D eigenvalue weighted by Crippen LogP contribution is -2.49. The lowest BCUT2D eigenvalue weighted by atomic mass is 10.0. The Hall–Kier alpha value is -3.10. The number of amides is 3. The van der Waals surface area contributed by atoms with Gasteiger partial charge in [-0.15, -0.1) is 0 Å². The first-order chi connectivity index (χ1) is 14.6. The van der Waals surface area contributed by atoms with E-state index in [1.165, 1.54) is 0 Å². The van der Waals surface area contributed by atoms with Crippen molar-refractivity contribution in [2.24, 2.45) is 0 Å². The molecular weight excluding hydrogens is 386 g/mol. The number of carbonyl (C=O) groups excluding carboxylic acids is 2. The molecule has 1 saturated heterocycles. The van der Waals surface area contributed by atoms with Crippen LogP contribution in [0, 0.1) is 6.92 Å². The number of fused-ring (bicyclic) bond motifs is 1. The van der Waals surface area contributed by atoms with E-state index in [4.69, 9.17) is 14.7 Å². The van der Waals surface area contributed by atoms with Crippen LogP contribution in [0.15, 0.2) is 42.5 Å². The van der Waals surface area contributed by atoms with Crippen molar-refractivity contribution in [1.82, 2.24) is 15.3 Å². The van der Waals surface area contributed by atoms with Crippen molar-refractivity contribution in [1.29, 1.82) is 0 Å². The highest BCUT2D eigenvalue weighted by Crippen LogP contribution is 2.34. The van der Waals surface area contributed by atoms with Crippen molar-refractivity contribution < 1.29 is 24.3 Å². The zero-order valence-corrected chi connectivity index (χ0v) is 16.8. The van der Waals surface area contributed by atoms with Crippen LogP contribution >= 0.6 is 0 Å². The summed E-state index contributed by atoms with van der Waals surface area (Å²) in [6.07, 6.45) is 0. The fourth-order valence-corrected chi connectivity index (χ4v) is 3.93. The molecule has 2 heterocycles. The Morgan fingerprint density at radius 1 is 1.13 bits per heavy atom. The van der Waals surface area contributed by atoms with E-state index in [1.807, 2.05) is 41.0 Å². The molecule has 0 aliphatic carbocycles. The topological polar surface area (TPSA) is 91.3 Å². The van der Waals surface area contributed by atoms with E-state index in [9.17, 15) is 9.59 Å². The summed E-state index contributed by atoms with van der Waals surface area (Å²) >= 11 is 0. The van der Waals surface area contributed by atoms with E-state index in [2.05, 4.69) is 0 Å². The lowest BCUT2D eigenvalue weighted by Gasteiger charge is -2.36. The zero-order chi connectivity index (χ0) is 21.1. The molecule has 0 radical (unpaired) electrons. The standard InChI is InChI=1S/C22H25N3O5/c1-15-4-2-3-5-18(15)19-14-30-20-12-16(21(26)23-28)6-7-17(20)13-25(19)22(27)24-8-10-29-11-9-24/h2-7,12,19,28H,8-11,13-14H2,1H3,(H,23,26)/t19-/m1/s1. The monoisotopic (exact) mass is 411 g/mol. The molecule has 158 valence electrons. The van der Waals surface area contributed by atoms with Crippen LogP contribution in [0.2, 0.25) is 0 Å². The molecule has 1 fully saturated rings. The minimum Gasteiger partial charge on any atom is -0.491 e. The number of benzene rings is 2. The van der Waals surface area contributed by atoms with Crippen LogP contribution in [-0.4, -0.2) is 59.9 Å². The van der Waals surface area contributed by atoms with E-state index >= 15 is 0 Å². The summed E-state index contributed by atoms with van der Waals surface area (Å²) < 4.78 is 11.5. The van der Waals surface area contributed by atoms with Crippen LogP contribution in [0.5, 0.6) is 5.75 Å². The number of ether oxygens (including phenoxy) is 2. The van der Waals surface area contributed by atoms with Crippen molar-refractivity contribution >= 4 is 11.9 Å². The van der Waals surface area contributed by atoms with Crippen LogP contribution < -0.4 is 10.2 Å². The largest absolute Gasteiger partial charge is 0.491 e. The highest BCUT2D eigenvalue weighted by molar-refractivity contribution is 5.93. The van der Waals surface area contributed by atoms with E-state index in [-0.39, 0.29) is 24.2 Å². The molecule has 8 heteroatoms. The highest BCUT2D eigenvalue weighted by Gasteiger charge is 2.34. The number of rotatable bonds is 2. The number of hydrogen-bond acceptors (Lipinski definition) is 5. The first-order valence-electron chi connectivity index (χ1n) is 9.97. The number of aryl methyl sites for hydroxylation is 1. The zero-order valence-electron chi connectivity index (χ0n) is 16.8. The maximum atomic E-state index is 13.5. The first-order valence-corrected chi connectivity index (χ1v) is 9.97. The Balaban J connectivity index is 1.71. The summed E-state index contributed by atoms with van der Waals surface area (Å²) in [7, 11) is 0. The van der Waals surface area contributed by atoms with Crippen molar-refractivity contribution in [2.45, 2.75) is 19.5 Å². The average molecular weight is 411 g/mol. The third-order valence-electron chi connectivity index (χ3n) is 5.62. The number of morpholine rings is 1. The average Bonchev–Trinajstić information content (AvgIpc) is 2.98. The van der Waals surface area contributed by atoms with Crippen LogP contribution in [0.1, 0.15) is 33.1 Å². The Labute approximate surface area is 174 Å². The molecule has 2 aromatic rings. The van der Waals surface area contributed by atoms with E-state index in [1.54, 1.807) is 23.7 Å². The molecule has 0 saturated carbocycles. The molecular formula is C22H25N3O5. The normalized spacial score (nSPS) is 18.8. The third kappa shape index (κ3) is 3.96. The number of urea groups is 1. The second kappa shape index (κ2) is 8.73. The first kappa shape index (κ1) is 20.2. The van der Waals surface area contributed by atoms with E-state index in [0.717, 1.165) is 16.7 Å². The van der Waals surface area contributed by atoms with Gasteiger partial charge in [0.15, 0.2) is 0 Å². The van der Waals surface area contributed by atoms with Gasteiger partial charge in [-0.1, -0.05) is 30.3 Å². The molecule has 0 spiro atoms. The highest BCUT2D eigenvalue weighted by atomic mass is 16.5. The Kier molecular flexibility index (Phi) is 5.87. The summed E-state index contributed by atoms with van der Waals surface area (Å²) in [6.45, 7) is 4.80. The van der Waals surface area contributed by atoms with Gasteiger partial charge < -0.3 is 19.3 Å². The quantitative estimate of drug-likeness (QED) is 0.585. The molecule has 1 atom stereocenters. The molecule has 0 aromatic heterocycles. The van der Waals surface area contributed by atoms with Gasteiger partial charge in [0.1, 0.15) is 12.4 Å². The summed E-state index contributed by atoms with van der Waals surface area (Å²) in [5.41, 5.74) is 4.84. The molecule has 2 aromatic carbocycles. The molecule has 30 heavy (non-hydrogen) atoms. The van der Waals surface area contributed by atoms with Crippen LogP contribution in [0.3, 0.4) is 0 Å². The number of hydroxylamine groups is 1. The van der Waals surface area contributed by atoms with Gasteiger partial charge in [0, 0.05) is 24.2 Å². The van der Waals surface area contributed by atoms with Crippen molar-refractivity contribution in [3.63, 3.8) is 0 Å². The van der Waals surface area contributed by atoms with Crippen LogP contribution in [0.25, 0.3) is 0 Å². The fourth-order valence-electron chi connectivity index (χ4n) is 3.93. The van der Waals surface area contributed by atoms with Crippen LogP contribution in [-0.2, 0) is 11.3 Å². The maximum Gasteiger partial charge on any atom is 0.321 e. The van der Waals surface area contributed by atoms with Gasteiger partial charge in [-0.2, -0.15) is 0 Å². The second-order valence-electron chi connectivity index (χ2n) is 7.46. The SMILES string of the molecule is Cc1ccccc1[C@H]1COc2cc(C(=O)NO)ccc2CN1C(=O)N1CCOCC1. The predicted octanol–water partition coefficient (Wildman–Crippen LogP) is 2.50. The lowest BCUT2D eigenvalue weighted by molar-refractivity contribution is 0.0361. The van der Waals surface area contributed by atoms with Gasteiger partial charge in [0.25, 0.3) is 5.91 Å². The predicted molar refractivity (Wildman–Crippen MR) is 108 cm³/mol. The van der Waals surface area contributed by atoms with Gasteiger partial charge >= 0.3 is 6.03 Å². The summed E-state index contributed by atoms with van der Waals surface area (Å²) in [4.78, 5) is 28.9. The third-order valence-corrected chi connectivity index (χ3v) is 5.62. The number of hydrogen-bond donors (Lipinski definition) is 2. The van der Waals surface area contributed by atoms with Crippen molar-refractivity contribution in [3.05, 3.63) is 64.7 Å². The van der Waals surface area contributed by atoms with Gasteiger partial charge in [-0.05, 0) is 30.2 Å². The van der Waals surface area contributed by atoms with Crippen molar-refractivity contribution in [3.8, 4) is 5.75 Å². The number of carbonyl (C=O) groups is 2. The van der Waals surface area contributed by atoms with Crippen LogP contribution in [0.4, 0.5) is 4.79 Å². The molecule has 2 N–H and O–H groups in total. The van der Waals surface area contributed by atoms with E-state index < -0.39 is 5.91 Å². The number of nitrogens with zero attached hydrogens (tertiary/aromatic N) is 2. The molecule has 0 bridgehead atoms. The van der Waals surface area contributed by atoms with Crippen molar-refractivity contribution in [2.75, 3.05) is 32.9 Å². The smallest absolute Gasteiger partial charge is 0.321 e. The molecule has 4 rings (SSSR count). The molecule has 8 nitrogen and oxygen atoms in total. The maximum absolute atomic E-state index is 13.5. The molecule has 0 unspecified atom stereocenters. The van der Waals surface area contributed by atoms with Gasteiger partial charge in [0.05, 0.1) is 25.8 Å². The van der Waals surface area contributed by atoms with Gasteiger partial charge in [-0.25, -0.2) is 10.3 Å². The Morgan fingerprint density at radius 3 is 2.63 bits per heavy atom. The minimum absolute atomic E-state index is 0.0554. The Bertz CT molecular complexity index is 942. The van der Waals surface area contributed by atoms with Gasteiger partial charge in [0.2, 0.25) is 0 Å².